The van der Waals surface area contributed by atoms with Crippen molar-refractivity contribution in [1.29, 1.82) is 0 Å². The molecule has 0 aromatic carbocycles. The summed E-state index contributed by atoms with van der Waals surface area (Å²) in [6.45, 7) is -0.348. The monoisotopic (exact) mass is 812 g/mol. The van der Waals surface area contributed by atoms with Crippen LogP contribution in [0.5, 0.6) is 0 Å². The second-order valence-electron chi connectivity index (χ2n) is 13.8. The summed E-state index contributed by atoms with van der Waals surface area (Å²) in [5, 5.41) is 111. The molecule has 3 aliphatic heterocycles. The highest BCUT2D eigenvalue weighted by Gasteiger charge is 2.52. The number of ether oxygens (including phenoxy) is 6. The summed E-state index contributed by atoms with van der Waals surface area (Å²) in [6.07, 6.45) is -21.3. The topological polar surface area (TPSA) is 373 Å². The molecule has 1 amide bonds. The Morgan fingerprint density at radius 1 is 0.821 bits per heavy atom. The lowest BCUT2D eigenvalue weighted by molar-refractivity contribution is -0.366. The maximum atomic E-state index is 12.4. The molecule has 16 atom stereocenters. The molecule has 3 fully saturated rings. The smallest absolute Gasteiger partial charge is 0.234 e. The normalized spacial score (nSPS) is 37.0. The molecule has 3 saturated heterocycles. The fourth-order valence-corrected chi connectivity index (χ4v) is 6.23. The van der Waals surface area contributed by atoms with Crippen LogP contribution < -0.4 is 16.6 Å². The molecule has 1 aromatic rings. The highest BCUT2D eigenvalue weighted by atomic mass is 16.7. The Morgan fingerprint density at radius 3 is 2.05 bits per heavy atom. The van der Waals surface area contributed by atoms with Gasteiger partial charge in [-0.1, -0.05) is 11.6 Å². The van der Waals surface area contributed by atoms with Crippen molar-refractivity contribution in [2.24, 2.45) is 5.73 Å². The van der Waals surface area contributed by atoms with Crippen LogP contribution in [-0.4, -0.2) is 209 Å². The minimum absolute atomic E-state index is 0.0302. The average Bonchev–Trinajstić information content (AvgIpc) is 3.64. The number of hydrazine groups is 1. The van der Waals surface area contributed by atoms with Gasteiger partial charge in [0.05, 0.1) is 44.7 Å². The number of hydrogen-bond acceptors (Lipinski definition) is 22. The van der Waals surface area contributed by atoms with Crippen molar-refractivity contribution in [2.45, 2.75) is 144 Å². The molecule has 4 heterocycles. The lowest BCUT2D eigenvalue weighted by Gasteiger charge is -2.46. The number of ketones is 1. The molecule has 0 spiro atoms. The summed E-state index contributed by atoms with van der Waals surface area (Å²) in [5.41, 5.74) is 11.2. The van der Waals surface area contributed by atoms with Crippen molar-refractivity contribution >= 4 is 11.7 Å². The number of rotatable bonds is 21. The van der Waals surface area contributed by atoms with Gasteiger partial charge >= 0.3 is 0 Å². The number of hydrogen-bond donors (Lipinski definition) is 13. The molecular weight excluding hydrogens is 756 g/mol. The molecule has 322 valence electrons. The first-order valence-electron chi connectivity index (χ1n) is 18.4. The Hall–Kier alpha value is -2.44. The molecular formula is C32H56N6O18. The number of aliphatic hydroxyl groups excluding tert-OH is 10. The summed E-state index contributed by atoms with van der Waals surface area (Å²) in [7, 11) is 0. The molecule has 0 unspecified atom stereocenters. The Bertz CT molecular complexity index is 1350. The predicted octanol–water partition coefficient (Wildman–Crippen LogP) is -7.62. The molecule has 3 aliphatic rings. The quantitative estimate of drug-likeness (QED) is 0.0405. The van der Waals surface area contributed by atoms with Gasteiger partial charge in [0.15, 0.2) is 18.9 Å². The van der Waals surface area contributed by atoms with Gasteiger partial charge in [0.25, 0.3) is 0 Å². The second-order valence-corrected chi connectivity index (χ2v) is 13.8. The van der Waals surface area contributed by atoms with Crippen LogP contribution >= 0.6 is 0 Å². The van der Waals surface area contributed by atoms with E-state index in [-0.39, 0.29) is 37.7 Å². The maximum absolute atomic E-state index is 12.4. The molecule has 56 heavy (non-hydrogen) atoms. The van der Waals surface area contributed by atoms with Crippen LogP contribution in [0.4, 0.5) is 0 Å². The molecule has 1 aromatic heterocycles. The van der Waals surface area contributed by atoms with Crippen LogP contribution in [0.15, 0.2) is 6.20 Å². The Morgan fingerprint density at radius 2 is 1.43 bits per heavy atom. The van der Waals surface area contributed by atoms with Crippen molar-refractivity contribution in [3.8, 4) is 0 Å². The first-order valence-corrected chi connectivity index (χ1v) is 18.4. The standard InChI is InChI=1S/C32H56N6O18/c1-14(41)16(4-2-3-7-33)35-36-20(42)6-5-15-10-38(37-34-15)8-9-51-31-28(50)29(56-32-27(49)25(47)22(44)18(12-40)54-32)23(45)19(55-31)13-52-30-26(48)24(46)21(43)17(11-39)53-30/h10,16-19,21-32,35,39-40,43-50H,2-9,11-13,33H2,1H3,(H,36,42)/t16-,17+,18+,19+,21+,22+,23+,24-,25-,26-,27-,28-,29-,30-,31-,32+/m0/s1. The largest absolute Gasteiger partial charge is 0.394 e. The minimum atomic E-state index is -1.90. The predicted molar refractivity (Wildman–Crippen MR) is 182 cm³/mol. The number of nitrogens with one attached hydrogen (secondary N) is 2. The van der Waals surface area contributed by atoms with E-state index < -0.39 is 118 Å². The van der Waals surface area contributed by atoms with E-state index in [9.17, 15) is 60.7 Å². The molecule has 14 N–H and O–H groups in total. The number of carbonyl (C=O) groups is 2. The summed E-state index contributed by atoms with van der Waals surface area (Å²) in [5.74, 6) is -0.493. The lowest BCUT2D eigenvalue weighted by atomic mass is 9.96. The van der Waals surface area contributed by atoms with Crippen LogP contribution in [0.25, 0.3) is 0 Å². The number of unbranched alkanes of at least 4 members (excludes halogenated alkanes) is 1. The number of nitrogens with zero attached hydrogens (tertiary/aromatic N) is 3. The highest BCUT2D eigenvalue weighted by Crippen LogP contribution is 2.31. The van der Waals surface area contributed by atoms with Crippen molar-refractivity contribution < 1.29 is 89.1 Å². The summed E-state index contributed by atoms with van der Waals surface area (Å²) in [4.78, 5) is 24.3. The van der Waals surface area contributed by atoms with Gasteiger partial charge in [-0.15, -0.1) is 5.10 Å². The van der Waals surface area contributed by atoms with Gasteiger partial charge in [-0.25, -0.2) is 10.1 Å². The van der Waals surface area contributed by atoms with E-state index in [0.29, 0.717) is 18.7 Å². The fourth-order valence-electron chi connectivity index (χ4n) is 6.23. The third kappa shape index (κ3) is 12.1. The van der Waals surface area contributed by atoms with Crippen molar-refractivity contribution in [3.05, 3.63) is 11.9 Å². The van der Waals surface area contributed by atoms with Gasteiger partial charge in [-0.05, 0) is 26.3 Å². The number of amides is 1. The summed E-state index contributed by atoms with van der Waals surface area (Å²) in [6, 6.07) is -0.541. The average molecular weight is 813 g/mol. The molecule has 24 nitrogen and oxygen atoms in total. The van der Waals surface area contributed by atoms with Crippen LogP contribution in [0.3, 0.4) is 0 Å². The van der Waals surface area contributed by atoms with E-state index in [1.54, 1.807) is 6.20 Å². The highest BCUT2D eigenvalue weighted by molar-refractivity contribution is 5.82. The number of carbonyl (C=O) groups excluding carboxylic acids is 2. The van der Waals surface area contributed by atoms with E-state index in [2.05, 4.69) is 21.2 Å². The molecule has 0 saturated carbocycles. The lowest BCUT2D eigenvalue weighted by Crippen LogP contribution is -2.65. The number of aryl methyl sites for hydroxylation is 1. The minimum Gasteiger partial charge on any atom is -0.394 e. The van der Waals surface area contributed by atoms with Crippen molar-refractivity contribution in [1.82, 2.24) is 25.8 Å². The van der Waals surface area contributed by atoms with Gasteiger partial charge in [-0.2, -0.15) is 0 Å². The molecule has 4 rings (SSSR count). The van der Waals surface area contributed by atoms with Gasteiger partial charge in [-0.3, -0.25) is 15.0 Å². The van der Waals surface area contributed by atoms with Gasteiger partial charge < -0.3 is 85.2 Å². The van der Waals surface area contributed by atoms with E-state index in [1.165, 1.54) is 11.6 Å². The van der Waals surface area contributed by atoms with Gasteiger partial charge in [0.1, 0.15) is 79.0 Å². The maximum Gasteiger partial charge on any atom is 0.234 e. The number of Topliss-reactive ketones (excluding diaryl/α,β-unsaturated/α-hetero) is 1. The van der Waals surface area contributed by atoms with Gasteiger partial charge in [0.2, 0.25) is 5.91 Å². The number of aliphatic hydroxyl groups is 10. The molecule has 0 radical (unpaired) electrons. The zero-order valence-electron chi connectivity index (χ0n) is 30.8. The van der Waals surface area contributed by atoms with E-state index in [0.717, 1.165) is 12.8 Å². The number of aromatic nitrogens is 3. The van der Waals surface area contributed by atoms with Crippen LogP contribution in [0.1, 0.15) is 38.3 Å². The van der Waals surface area contributed by atoms with Crippen molar-refractivity contribution in [3.63, 3.8) is 0 Å². The Labute approximate surface area is 321 Å². The van der Waals surface area contributed by atoms with Crippen molar-refractivity contribution in [2.75, 3.05) is 33.0 Å². The van der Waals surface area contributed by atoms with E-state index in [1.807, 2.05) is 0 Å². The summed E-state index contributed by atoms with van der Waals surface area (Å²) < 4.78 is 34.9. The number of nitrogens with two attached hydrogens (primary N) is 1. The fraction of sp³-hybridized carbons (Fsp3) is 0.875. The first-order chi connectivity index (χ1) is 26.7. The molecule has 24 heteroatoms. The Kier molecular flexibility index (Phi) is 18.2. The van der Waals surface area contributed by atoms with E-state index >= 15 is 0 Å². The zero-order chi connectivity index (χ0) is 41.1. The first kappa shape index (κ1) is 46.3. The molecule has 0 bridgehead atoms. The summed E-state index contributed by atoms with van der Waals surface area (Å²) >= 11 is 0. The van der Waals surface area contributed by atoms with Gasteiger partial charge in [0, 0.05) is 19.0 Å². The third-order valence-electron chi connectivity index (χ3n) is 9.68. The van der Waals surface area contributed by atoms with Crippen LogP contribution in [-0.2, 0) is 51.0 Å². The SMILES string of the molecule is CC(=O)[C@H](CCCCN)NNC(=O)CCc1cn(CCO[C@H]2O[C@H](CO[C@H]3O[C@H](CO)[C@@H](O)[C@H](O)[C@@H]3O)[C@@H](O)[C@H](O[C@H]3O[C@H](CO)[C@@H](O)[C@H](O)[C@@H]3O)[C@@H]2O)nn1. The Balaban J connectivity index is 1.36. The molecule has 0 aliphatic carbocycles. The van der Waals surface area contributed by atoms with E-state index in [4.69, 9.17) is 34.2 Å². The second kappa shape index (κ2) is 22.1. The zero-order valence-corrected chi connectivity index (χ0v) is 30.8. The van der Waals surface area contributed by atoms with Crippen LogP contribution in [0, 0.1) is 0 Å². The third-order valence-corrected chi connectivity index (χ3v) is 9.68. The van der Waals surface area contributed by atoms with Crippen LogP contribution in [0.2, 0.25) is 0 Å².